The molecule has 0 heterocycles. The van der Waals surface area contributed by atoms with Gasteiger partial charge in [0.15, 0.2) is 0 Å². The van der Waals surface area contributed by atoms with Gasteiger partial charge in [0, 0.05) is 0 Å². The molecule has 0 spiro atoms. The Balaban J connectivity index is 3.84. The Kier molecular flexibility index (Phi) is 5.14. The van der Waals surface area contributed by atoms with Crippen molar-refractivity contribution in [3.05, 3.63) is 0 Å². The van der Waals surface area contributed by atoms with Gasteiger partial charge in [0.25, 0.3) is 0 Å². The minimum absolute atomic E-state index is 0.0210. The fourth-order valence-electron chi connectivity index (χ4n) is 1.82. The molecule has 0 saturated heterocycles. The summed E-state index contributed by atoms with van der Waals surface area (Å²) in [7, 11) is 0. The maximum Gasteiger partial charge on any atom is 0.0633 e. The second kappa shape index (κ2) is 5.16. The van der Waals surface area contributed by atoms with Crippen LogP contribution in [0.2, 0.25) is 0 Å². The quantitative estimate of drug-likeness (QED) is 0.639. The molecular formula is C13H28O. The molecule has 0 amide bonds. The summed E-state index contributed by atoms with van der Waals surface area (Å²) < 4.78 is 6.01. The van der Waals surface area contributed by atoms with Crippen LogP contribution in [-0.4, -0.2) is 11.2 Å². The lowest BCUT2D eigenvalue weighted by atomic mass is 9.96. The Morgan fingerprint density at radius 2 is 1.50 bits per heavy atom. The SMILES string of the molecule is CC(C)CCCC(C)(C)OC(C)(C)C. The van der Waals surface area contributed by atoms with Gasteiger partial charge < -0.3 is 4.74 Å². The molecule has 0 unspecified atom stereocenters. The minimum Gasteiger partial charge on any atom is -0.370 e. The van der Waals surface area contributed by atoms with Gasteiger partial charge in [-0.1, -0.05) is 26.7 Å². The monoisotopic (exact) mass is 200 g/mol. The van der Waals surface area contributed by atoms with Crippen LogP contribution in [0.15, 0.2) is 0 Å². The van der Waals surface area contributed by atoms with Crippen LogP contribution in [0.4, 0.5) is 0 Å². The van der Waals surface area contributed by atoms with E-state index in [2.05, 4.69) is 48.5 Å². The van der Waals surface area contributed by atoms with Crippen molar-refractivity contribution in [3.8, 4) is 0 Å². The van der Waals surface area contributed by atoms with Crippen molar-refractivity contribution >= 4 is 0 Å². The van der Waals surface area contributed by atoms with E-state index in [1.165, 1.54) is 12.8 Å². The summed E-state index contributed by atoms with van der Waals surface area (Å²) in [5.41, 5.74) is -0.00549. The maximum atomic E-state index is 6.01. The van der Waals surface area contributed by atoms with E-state index in [0.717, 1.165) is 12.3 Å². The van der Waals surface area contributed by atoms with E-state index in [1.54, 1.807) is 0 Å². The third kappa shape index (κ3) is 8.55. The first-order valence-corrected chi connectivity index (χ1v) is 5.82. The zero-order valence-corrected chi connectivity index (χ0v) is 11.1. The van der Waals surface area contributed by atoms with Crippen LogP contribution >= 0.6 is 0 Å². The molecule has 0 N–H and O–H groups in total. The summed E-state index contributed by atoms with van der Waals surface area (Å²) in [5.74, 6) is 0.806. The van der Waals surface area contributed by atoms with Gasteiger partial charge >= 0.3 is 0 Å². The van der Waals surface area contributed by atoms with Crippen LogP contribution in [0, 0.1) is 5.92 Å². The van der Waals surface area contributed by atoms with Crippen LogP contribution in [0.5, 0.6) is 0 Å². The average molecular weight is 200 g/mol. The Morgan fingerprint density at radius 1 is 1.00 bits per heavy atom. The second-order valence-corrected chi connectivity index (χ2v) is 6.26. The normalized spacial score (nSPS) is 13.7. The summed E-state index contributed by atoms with van der Waals surface area (Å²) in [6.07, 6.45) is 3.72. The van der Waals surface area contributed by atoms with Gasteiger partial charge in [-0.15, -0.1) is 0 Å². The second-order valence-electron chi connectivity index (χ2n) is 6.26. The van der Waals surface area contributed by atoms with Crippen molar-refractivity contribution in [2.45, 2.75) is 78.9 Å². The maximum absolute atomic E-state index is 6.01. The fraction of sp³-hybridized carbons (Fsp3) is 1.00. The first kappa shape index (κ1) is 14.0. The fourth-order valence-corrected chi connectivity index (χ4v) is 1.82. The third-order valence-corrected chi connectivity index (χ3v) is 2.14. The topological polar surface area (TPSA) is 9.23 Å². The van der Waals surface area contributed by atoms with E-state index in [1.807, 2.05) is 0 Å². The predicted octanol–water partition coefficient (Wildman–Crippen LogP) is 4.41. The Morgan fingerprint density at radius 3 is 1.86 bits per heavy atom. The van der Waals surface area contributed by atoms with Gasteiger partial charge in [0.05, 0.1) is 11.2 Å². The van der Waals surface area contributed by atoms with Gasteiger partial charge in [-0.25, -0.2) is 0 Å². The van der Waals surface area contributed by atoms with Crippen LogP contribution in [0.3, 0.4) is 0 Å². The van der Waals surface area contributed by atoms with E-state index in [-0.39, 0.29) is 11.2 Å². The van der Waals surface area contributed by atoms with Crippen molar-refractivity contribution in [2.24, 2.45) is 5.92 Å². The molecule has 1 heteroatoms. The molecule has 86 valence electrons. The first-order chi connectivity index (χ1) is 6.12. The summed E-state index contributed by atoms with van der Waals surface area (Å²) in [5, 5.41) is 0. The van der Waals surface area contributed by atoms with E-state index < -0.39 is 0 Å². The van der Waals surface area contributed by atoms with Gasteiger partial charge in [0.2, 0.25) is 0 Å². The minimum atomic E-state index is -0.0265. The molecule has 0 saturated carbocycles. The van der Waals surface area contributed by atoms with Crippen molar-refractivity contribution in [3.63, 3.8) is 0 Å². The van der Waals surface area contributed by atoms with Crippen LogP contribution < -0.4 is 0 Å². The Bertz CT molecular complexity index is 151. The summed E-state index contributed by atoms with van der Waals surface area (Å²) in [4.78, 5) is 0. The average Bonchev–Trinajstić information content (AvgIpc) is 1.78. The van der Waals surface area contributed by atoms with E-state index in [9.17, 15) is 0 Å². The molecule has 0 aromatic heterocycles. The number of rotatable bonds is 5. The van der Waals surface area contributed by atoms with Gasteiger partial charge in [-0.3, -0.25) is 0 Å². The summed E-state index contributed by atoms with van der Waals surface area (Å²) >= 11 is 0. The molecule has 0 radical (unpaired) electrons. The number of hydrogen-bond acceptors (Lipinski definition) is 1. The lowest BCUT2D eigenvalue weighted by Crippen LogP contribution is -2.34. The molecule has 0 aliphatic heterocycles. The molecule has 14 heavy (non-hydrogen) atoms. The highest BCUT2D eigenvalue weighted by molar-refractivity contribution is 4.74. The summed E-state index contributed by atoms with van der Waals surface area (Å²) in [6.45, 7) is 15.3. The van der Waals surface area contributed by atoms with Crippen LogP contribution in [-0.2, 0) is 4.74 Å². The third-order valence-electron chi connectivity index (χ3n) is 2.14. The van der Waals surface area contributed by atoms with Crippen molar-refractivity contribution in [1.82, 2.24) is 0 Å². The number of hydrogen-bond donors (Lipinski definition) is 0. The molecule has 1 nitrogen and oxygen atoms in total. The number of ether oxygens (including phenoxy) is 1. The zero-order chi connectivity index (χ0) is 11.4. The standard InChI is InChI=1S/C13H28O/c1-11(2)9-8-10-13(6,7)14-12(3,4)5/h11H,8-10H2,1-7H3. The van der Waals surface area contributed by atoms with Crippen molar-refractivity contribution in [1.29, 1.82) is 0 Å². The first-order valence-electron chi connectivity index (χ1n) is 5.82. The Labute approximate surface area is 90.2 Å². The lowest BCUT2D eigenvalue weighted by molar-refractivity contribution is -0.117. The summed E-state index contributed by atoms with van der Waals surface area (Å²) in [6, 6.07) is 0. The highest BCUT2D eigenvalue weighted by Crippen LogP contribution is 2.25. The molecule has 0 fully saturated rings. The molecule has 0 bridgehead atoms. The van der Waals surface area contributed by atoms with Crippen LogP contribution in [0.1, 0.15) is 67.7 Å². The predicted molar refractivity (Wildman–Crippen MR) is 63.6 cm³/mol. The molecule has 0 aliphatic carbocycles. The largest absolute Gasteiger partial charge is 0.370 e. The zero-order valence-electron chi connectivity index (χ0n) is 11.1. The molecular weight excluding hydrogens is 172 g/mol. The molecule has 0 aromatic carbocycles. The Hall–Kier alpha value is -0.0400. The van der Waals surface area contributed by atoms with E-state index >= 15 is 0 Å². The smallest absolute Gasteiger partial charge is 0.0633 e. The van der Waals surface area contributed by atoms with Gasteiger partial charge in [-0.2, -0.15) is 0 Å². The highest BCUT2D eigenvalue weighted by atomic mass is 16.5. The molecule has 0 aromatic rings. The molecule has 0 rings (SSSR count). The van der Waals surface area contributed by atoms with Gasteiger partial charge in [0.1, 0.15) is 0 Å². The van der Waals surface area contributed by atoms with Gasteiger partial charge in [-0.05, 0) is 47.0 Å². The van der Waals surface area contributed by atoms with Crippen molar-refractivity contribution < 1.29 is 4.74 Å². The van der Waals surface area contributed by atoms with E-state index in [0.29, 0.717) is 0 Å². The van der Waals surface area contributed by atoms with E-state index in [4.69, 9.17) is 4.74 Å². The molecule has 0 atom stereocenters. The van der Waals surface area contributed by atoms with Crippen LogP contribution in [0.25, 0.3) is 0 Å². The molecule has 0 aliphatic rings. The highest BCUT2D eigenvalue weighted by Gasteiger charge is 2.25. The van der Waals surface area contributed by atoms with Crippen molar-refractivity contribution in [2.75, 3.05) is 0 Å². The lowest BCUT2D eigenvalue weighted by Gasteiger charge is -2.34.